The molecule has 3 aromatic rings. The monoisotopic (exact) mass is 328 g/mol. The van der Waals surface area contributed by atoms with Crippen molar-refractivity contribution in [3.05, 3.63) is 64.9 Å². The minimum absolute atomic E-state index is 0.402. The Hall–Kier alpha value is -2.33. The molecule has 1 N–H and O–H groups in total. The summed E-state index contributed by atoms with van der Waals surface area (Å²) in [7, 11) is 0. The van der Waals surface area contributed by atoms with Crippen LogP contribution in [-0.4, -0.2) is 20.6 Å². The average molecular weight is 329 g/mol. The number of carboxylic acids is 1. The molecule has 0 radical (unpaired) electrons. The largest absolute Gasteiger partial charge is 0.481 e. The Morgan fingerprint density at radius 2 is 1.91 bits per heavy atom. The zero-order valence-corrected chi connectivity index (χ0v) is 13.5. The molecule has 118 valence electrons. The van der Waals surface area contributed by atoms with Crippen LogP contribution in [0.25, 0.3) is 11.0 Å². The molecule has 3 rings (SSSR count). The van der Waals surface area contributed by atoms with Gasteiger partial charge in [-0.15, -0.1) is 0 Å². The van der Waals surface area contributed by atoms with Crippen molar-refractivity contribution < 1.29 is 9.90 Å². The molecule has 1 heterocycles. The highest BCUT2D eigenvalue weighted by atomic mass is 35.5. The lowest BCUT2D eigenvalue weighted by Gasteiger charge is -2.12. The first-order valence-corrected chi connectivity index (χ1v) is 7.84. The maximum atomic E-state index is 11.2. The van der Waals surface area contributed by atoms with E-state index in [1.165, 1.54) is 0 Å². The number of nitrogens with zero attached hydrogens (tertiary/aromatic N) is 2. The van der Waals surface area contributed by atoms with Crippen molar-refractivity contribution in [3.8, 4) is 0 Å². The normalized spacial score (nSPS) is 12.4. The van der Waals surface area contributed by atoms with Gasteiger partial charge in [0.2, 0.25) is 0 Å². The second-order valence-electron chi connectivity index (χ2n) is 5.67. The SMILES string of the molecule is C[C@@H](Cn1c(Cc2ccc(Cl)cc2)nc2ccccc21)C(=O)O. The van der Waals surface area contributed by atoms with E-state index in [1.807, 2.05) is 53.1 Å². The molecule has 0 fully saturated rings. The molecule has 0 saturated carbocycles. The van der Waals surface area contributed by atoms with E-state index in [9.17, 15) is 9.90 Å². The van der Waals surface area contributed by atoms with E-state index in [0.717, 1.165) is 22.4 Å². The number of carboxylic acid groups (broad SMARTS) is 1. The standard InChI is InChI=1S/C18H17ClN2O2/c1-12(18(22)23)11-21-16-5-3-2-4-15(16)20-17(21)10-13-6-8-14(19)9-7-13/h2-9,12H,10-11H2,1H3,(H,22,23)/t12-/m0/s1. The van der Waals surface area contributed by atoms with E-state index in [0.29, 0.717) is 18.0 Å². The molecule has 0 aliphatic heterocycles. The fourth-order valence-corrected chi connectivity index (χ4v) is 2.73. The predicted molar refractivity (Wildman–Crippen MR) is 90.8 cm³/mol. The van der Waals surface area contributed by atoms with Gasteiger partial charge in [0.05, 0.1) is 17.0 Å². The van der Waals surface area contributed by atoms with Gasteiger partial charge < -0.3 is 9.67 Å². The zero-order valence-electron chi connectivity index (χ0n) is 12.7. The molecule has 0 spiro atoms. The van der Waals surface area contributed by atoms with Crippen LogP contribution in [-0.2, 0) is 17.8 Å². The van der Waals surface area contributed by atoms with Crippen molar-refractivity contribution in [1.29, 1.82) is 0 Å². The molecule has 0 aliphatic carbocycles. The predicted octanol–water partition coefficient (Wildman–Crippen LogP) is 4.00. The molecule has 1 aromatic heterocycles. The van der Waals surface area contributed by atoms with Crippen LogP contribution in [0.15, 0.2) is 48.5 Å². The Morgan fingerprint density at radius 1 is 1.22 bits per heavy atom. The molecule has 5 heteroatoms. The summed E-state index contributed by atoms with van der Waals surface area (Å²) in [5.41, 5.74) is 2.94. The van der Waals surface area contributed by atoms with Crippen molar-refractivity contribution in [2.24, 2.45) is 5.92 Å². The number of halogens is 1. The summed E-state index contributed by atoms with van der Waals surface area (Å²) in [4.78, 5) is 15.9. The first-order chi connectivity index (χ1) is 11.0. The van der Waals surface area contributed by atoms with Gasteiger partial charge in [-0.3, -0.25) is 4.79 Å². The van der Waals surface area contributed by atoms with Crippen molar-refractivity contribution >= 4 is 28.6 Å². The third kappa shape index (κ3) is 3.37. The Kier molecular flexibility index (Phi) is 4.35. The lowest BCUT2D eigenvalue weighted by molar-refractivity contribution is -0.141. The van der Waals surface area contributed by atoms with Crippen molar-refractivity contribution in [2.75, 3.05) is 0 Å². The van der Waals surface area contributed by atoms with E-state index < -0.39 is 11.9 Å². The minimum atomic E-state index is -0.805. The highest BCUT2D eigenvalue weighted by Crippen LogP contribution is 2.21. The Balaban J connectivity index is 2.00. The van der Waals surface area contributed by atoms with Gasteiger partial charge in [0.1, 0.15) is 5.82 Å². The molecule has 2 aromatic carbocycles. The minimum Gasteiger partial charge on any atom is -0.481 e. The molecule has 1 atom stereocenters. The van der Waals surface area contributed by atoms with E-state index in [1.54, 1.807) is 6.92 Å². The summed E-state index contributed by atoms with van der Waals surface area (Å²) in [6, 6.07) is 15.4. The van der Waals surface area contributed by atoms with Crippen molar-refractivity contribution in [1.82, 2.24) is 9.55 Å². The molecular formula is C18H17ClN2O2. The quantitative estimate of drug-likeness (QED) is 0.770. The fourth-order valence-electron chi connectivity index (χ4n) is 2.60. The van der Waals surface area contributed by atoms with E-state index in [-0.39, 0.29) is 0 Å². The first kappa shape index (κ1) is 15.6. The van der Waals surface area contributed by atoms with Gasteiger partial charge in [0.15, 0.2) is 0 Å². The van der Waals surface area contributed by atoms with Crippen LogP contribution < -0.4 is 0 Å². The van der Waals surface area contributed by atoms with E-state index in [4.69, 9.17) is 11.6 Å². The number of aliphatic carboxylic acids is 1. The van der Waals surface area contributed by atoms with Crippen molar-refractivity contribution in [2.45, 2.75) is 19.9 Å². The maximum Gasteiger partial charge on any atom is 0.308 e. The number of carbonyl (C=O) groups is 1. The Bertz CT molecular complexity index is 840. The number of imidazole rings is 1. The van der Waals surface area contributed by atoms with Crippen LogP contribution in [0.4, 0.5) is 0 Å². The molecule has 4 nitrogen and oxygen atoms in total. The first-order valence-electron chi connectivity index (χ1n) is 7.46. The number of para-hydroxylation sites is 2. The summed E-state index contributed by atoms with van der Waals surface area (Å²) in [5, 5.41) is 9.91. The number of rotatable bonds is 5. The Labute approximate surface area is 139 Å². The van der Waals surface area contributed by atoms with Crippen LogP contribution in [0.1, 0.15) is 18.3 Å². The number of hydrogen-bond donors (Lipinski definition) is 1. The van der Waals surface area contributed by atoms with Gasteiger partial charge in [-0.1, -0.05) is 42.8 Å². The topological polar surface area (TPSA) is 55.1 Å². The molecule has 0 unspecified atom stereocenters. The van der Waals surface area contributed by atoms with Crippen LogP contribution in [0.3, 0.4) is 0 Å². The molecule has 0 aliphatic rings. The number of hydrogen-bond acceptors (Lipinski definition) is 2. The lowest BCUT2D eigenvalue weighted by Crippen LogP contribution is -2.18. The average Bonchev–Trinajstić information content (AvgIpc) is 2.87. The molecule has 0 saturated heterocycles. The maximum absolute atomic E-state index is 11.2. The highest BCUT2D eigenvalue weighted by Gasteiger charge is 2.17. The van der Waals surface area contributed by atoms with Gasteiger partial charge in [0.25, 0.3) is 0 Å². The van der Waals surface area contributed by atoms with Gasteiger partial charge in [0, 0.05) is 18.0 Å². The molecule has 0 amide bonds. The van der Waals surface area contributed by atoms with Crippen LogP contribution in [0.2, 0.25) is 5.02 Å². The van der Waals surface area contributed by atoms with Gasteiger partial charge in [-0.2, -0.15) is 0 Å². The van der Waals surface area contributed by atoms with E-state index >= 15 is 0 Å². The van der Waals surface area contributed by atoms with Crippen molar-refractivity contribution in [3.63, 3.8) is 0 Å². The summed E-state index contributed by atoms with van der Waals surface area (Å²) in [6.45, 7) is 2.11. The summed E-state index contributed by atoms with van der Waals surface area (Å²) >= 11 is 5.93. The van der Waals surface area contributed by atoms with Gasteiger partial charge >= 0.3 is 5.97 Å². The highest BCUT2D eigenvalue weighted by molar-refractivity contribution is 6.30. The summed E-state index contributed by atoms with van der Waals surface area (Å²) < 4.78 is 2.00. The zero-order chi connectivity index (χ0) is 16.4. The van der Waals surface area contributed by atoms with Gasteiger partial charge in [-0.25, -0.2) is 4.98 Å². The fraction of sp³-hybridized carbons (Fsp3) is 0.222. The lowest BCUT2D eigenvalue weighted by atomic mass is 10.1. The molecule has 0 bridgehead atoms. The summed E-state index contributed by atoms with van der Waals surface area (Å²) in [5.74, 6) is -0.418. The van der Waals surface area contributed by atoms with Crippen LogP contribution >= 0.6 is 11.6 Å². The smallest absolute Gasteiger partial charge is 0.308 e. The third-order valence-electron chi connectivity index (χ3n) is 3.89. The third-order valence-corrected chi connectivity index (χ3v) is 4.14. The summed E-state index contributed by atoms with van der Waals surface area (Å²) in [6.07, 6.45) is 0.637. The Morgan fingerprint density at radius 3 is 2.61 bits per heavy atom. The van der Waals surface area contributed by atoms with E-state index in [2.05, 4.69) is 4.98 Å². The number of benzene rings is 2. The van der Waals surface area contributed by atoms with Gasteiger partial charge in [-0.05, 0) is 29.8 Å². The van der Waals surface area contributed by atoms with Crippen LogP contribution in [0.5, 0.6) is 0 Å². The van der Waals surface area contributed by atoms with Crippen LogP contribution in [0, 0.1) is 5.92 Å². The number of aromatic nitrogens is 2. The second-order valence-corrected chi connectivity index (χ2v) is 6.11. The number of fused-ring (bicyclic) bond motifs is 1. The molecule has 23 heavy (non-hydrogen) atoms. The molecular weight excluding hydrogens is 312 g/mol. The second kappa shape index (κ2) is 6.42.